The van der Waals surface area contributed by atoms with Gasteiger partial charge in [-0.3, -0.25) is 9.59 Å². The number of anilines is 2. The van der Waals surface area contributed by atoms with Crippen molar-refractivity contribution < 1.29 is 19.1 Å². The summed E-state index contributed by atoms with van der Waals surface area (Å²) in [5, 5.41) is 7.80. The zero-order chi connectivity index (χ0) is 25.7. The topological polar surface area (TPSA) is 76.7 Å². The van der Waals surface area contributed by atoms with Crippen molar-refractivity contribution in [2.24, 2.45) is 0 Å². The number of hydrogen-bond acceptors (Lipinski definition) is 4. The summed E-state index contributed by atoms with van der Waals surface area (Å²) in [5.74, 6) is 0.828. The Balaban J connectivity index is 1.58. The second kappa shape index (κ2) is 11.0. The van der Waals surface area contributed by atoms with Crippen molar-refractivity contribution in [3.05, 3.63) is 96.1 Å². The molecule has 0 atom stereocenters. The SMILES string of the molecule is CC(C)Oc1ccc(C(=O)Nc2cc3ccccc3cc2NC(=O)c2ccc(OC(C)C)cc2)cc1. The highest BCUT2D eigenvalue weighted by Gasteiger charge is 2.15. The summed E-state index contributed by atoms with van der Waals surface area (Å²) in [5.41, 5.74) is 1.98. The van der Waals surface area contributed by atoms with Crippen LogP contribution in [0.3, 0.4) is 0 Å². The minimum atomic E-state index is -0.285. The second-order valence-corrected chi connectivity index (χ2v) is 9.04. The van der Waals surface area contributed by atoms with E-state index in [0.717, 1.165) is 10.8 Å². The van der Waals surface area contributed by atoms with Crippen LogP contribution in [-0.2, 0) is 0 Å². The first-order chi connectivity index (χ1) is 17.3. The Morgan fingerprint density at radius 2 is 0.944 bits per heavy atom. The molecule has 184 valence electrons. The van der Waals surface area contributed by atoms with Gasteiger partial charge in [0.1, 0.15) is 11.5 Å². The van der Waals surface area contributed by atoms with Gasteiger partial charge in [-0.15, -0.1) is 0 Å². The molecule has 0 aliphatic carbocycles. The third-order valence-corrected chi connectivity index (χ3v) is 5.36. The van der Waals surface area contributed by atoms with Crippen LogP contribution >= 0.6 is 0 Å². The van der Waals surface area contributed by atoms with Crippen LogP contribution in [0.25, 0.3) is 10.8 Å². The molecular formula is C30H30N2O4. The summed E-state index contributed by atoms with van der Waals surface area (Å²) in [6, 6.07) is 25.4. The van der Waals surface area contributed by atoms with Gasteiger partial charge in [0, 0.05) is 11.1 Å². The van der Waals surface area contributed by atoms with Crippen LogP contribution < -0.4 is 20.1 Å². The van der Waals surface area contributed by atoms with E-state index in [-0.39, 0.29) is 24.0 Å². The summed E-state index contributed by atoms with van der Waals surface area (Å²) in [6.07, 6.45) is 0.0970. The maximum absolute atomic E-state index is 13.0. The molecule has 0 aliphatic heterocycles. The van der Waals surface area contributed by atoms with Crippen LogP contribution in [0.15, 0.2) is 84.9 Å². The molecule has 6 heteroatoms. The van der Waals surface area contributed by atoms with Gasteiger partial charge in [0.05, 0.1) is 23.6 Å². The normalized spacial score (nSPS) is 10.9. The van der Waals surface area contributed by atoms with Crippen molar-refractivity contribution in [2.75, 3.05) is 10.6 Å². The number of rotatable bonds is 8. The van der Waals surface area contributed by atoms with E-state index < -0.39 is 0 Å². The van der Waals surface area contributed by atoms with Gasteiger partial charge in [-0.05, 0) is 99.1 Å². The first kappa shape index (κ1) is 24.8. The van der Waals surface area contributed by atoms with Crippen molar-refractivity contribution in [1.29, 1.82) is 0 Å². The monoisotopic (exact) mass is 482 g/mol. The zero-order valence-electron chi connectivity index (χ0n) is 20.9. The minimum Gasteiger partial charge on any atom is -0.491 e. The minimum absolute atomic E-state index is 0.0485. The zero-order valence-corrected chi connectivity index (χ0v) is 20.9. The Hall–Kier alpha value is -4.32. The number of carbonyl (C=O) groups is 2. The van der Waals surface area contributed by atoms with Gasteiger partial charge in [0.2, 0.25) is 0 Å². The highest BCUT2D eigenvalue weighted by molar-refractivity contribution is 6.12. The molecule has 0 bridgehead atoms. The van der Waals surface area contributed by atoms with E-state index in [9.17, 15) is 9.59 Å². The molecule has 2 amide bonds. The number of benzene rings is 4. The molecule has 4 rings (SSSR count). The lowest BCUT2D eigenvalue weighted by molar-refractivity contribution is 0.101. The summed E-state index contributed by atoms with van der Waals surface area (Å²) in [4.78, 5) is 26.1. The fourth-order valence-electron chi connectivity index (χ4n) is 3.75. The quantitative estimate of drug-likeness (QED) is 0.286. The van der Waals surface area contributed by atoms with Gasteiger partial charge in [0.15, 0.2) is 0 Å². The van der Waals surface area contributed by atoms with Gasteiger partial charge >= 0.3 is 0 Å². The molecule has 6 nitrogen and oxygen atoms in total. The van der Waals surface area contributed by atoms with E-state index in [1.807, 2.05) is 64.1 Å². The van der Waals surface area contributed by atoms with E-state index in [1.165, 1.54) is 0 Å². The summed E-state index contributed by atoms with van der Waals surface area (Å²) < 4.78 is 11.3. The van der Waals surface area contributed by atoms with Crippen molar-refractivity contribution in [2.45, 2.75) is 39.9 Å². The van der Waals surface area contributed by atoms with E-state index in [4.69, 9.17) is 9.47 Å². The molecule has 36 heavy (non-hydrogen) atoms. The Morgan fingerprint density at radius 3 is 1.28 bits per heavy atom. The summed E-state index contributed by atoms with van der Waals surface area (Å²) in [6.45, 7) is 7.79. The number of nitrogens with one attached hydrogen (secondary N) is 2. The van der Waals surface area contributed by atoms with Crippen molar-refractivity contribution >= 4 is 34.0 Å². The van der Waals surface area contributed by atoms with Crippen LogP contribution in [0.2, 0.25) is 0 Å². The first-order valence-corrected chi connectivity index (χ1v) is 12.0. The van der Waals surface area contributed by atoms with E-state index >= 15 is 0 Å². The third kappa shape index (κ3) is 6.21. The maximum Gasteiger partial charge on any atom is 0.255 e. The predicted octanol–water partition coefficient (Wildman–Crippen LogP) is 6.92. The molecule has 0 unspecified atom stereocenters. The fourth-order valence-corrected chi connectivity index (χ4v) is 3.75. The van der Waals surface area contributed by atoms with Gasteiger partial charge in [0.25, 0.3) is 11.8 Å². The van der Waals surface area contributed by atoms with Gasteiger partial charge < -0.3 is 20.1 Å². The predicted molar refractivity (Wildman–Crippen MR) is 144 cm³/mol. The molecule has 0 radical (unpaired) electrons. The Labute approximate surface area is 211 Å². The second-order valence-electron chi connectivity index (χ2n) is 9.04. The Bertz CT molecular complexity index is 1250. The molecule has 0 saturated carbocycles. The Morgan fingerprint density at radius 1 is 0.583 bits per heavy atom. The lowest BCUT2D eigenvalue weighted by Crippen LogP contribution is -2.17. The molecule has 0 aliphatic rings. The summed E-state index contributed by atoms with van der Waals surface area (Å²) in [7, 11) is 0. The number of hydrogen-bond donors (Lipinski definition) is 2. The van der Waals surface area contributed by atoms with Crippen LogP contribution in [0.5, 0.6) is 11.5 Å². The molecule has 0 fully saturated rings. The van der Waals surface area contributed by atoms with Crippen molar-refractivity contribution in [3.8, 4) is 11.5 Å². The van der Waals surface area contributed by atoms with Crippen molar-refractivity contribution in [3.63, 3.8) is 0 Å². The third-order valence-electron chi connectivity index (χ3n) is 5.36. The number of ether oxygens (including phenoxy) is 2. The highest BCUT2D eigenvalue weighted by Crippen LogP contribution is 2.30. The lowest BCUT2D eigenvalue weighted by Gasteiger charge is -2.15. The van der Waals surface area contributed by atoms with Gasteiger partial charge in [-0.2, -0.15) is 0 Å². The molecule has 0 aromatic heterocycles. The molecule has 0 spiro atoms. The van der Waals surface area contributed by atoms with Crippen LogP contribution in [-0.4, -0.2) is 24.0 Å². The molecule has 0 saturated heterocycles. The van der Waals surface area contributed by atoms with Gasteiger partial charge in [-0.1, -0.05) is 24.3 Å². The first-order valence-electron chi connectivity index (χ1n) is 12.0. The maximum atomic E-state index is 13.0. The van der Waals surface area contributed by atoms with E-state index in [0.29, 0.717) is 34.0 Å². The molecule has 2 N–H and O–H groups in total. The van der Waals surface area contributed by atoms with E-state index in [2.05, 4.69) is 10.6 Å². The smallest absolute Gasteiger partial charge is 0.255 e. The summed E-state index contributed by atoms with van der Waals surface area (Å²) >= 11 is 0. The van der Waals surface area contributed by atoms with Crippen LogP contribution in [0.4, 0.5) is 11.4 Å². The van der Waals surface area contributed by atoms with Crippen LogP contribution in [0, 0.1) is 0 Å². The largest absolute Gasteiger partial charge is 0.491 e. The van der Waals surface area contributed by atoms with Crippen LogP contribution in [0.1, 0.15) is 48.4 Å². The lowest BCUT2D eigenvalue weighted by atomic mass is 10.1. The Kier molecular flexibility index (Phi) is 7.54. The molecule has 0 heterocycles. The number of carbonyl (C=O) groups excluding carboxylic acids is 2. The van der Waals surface area contributed by atoms with Crippen molar-refractivity contribution in [1.82, 2.24) is 0 Å². The number of amides is 2. The molecule has 4 aromatic carbocycles. The fraction of sp³-hybridized carbons (Fsp3) is 0.200. The van der Waals surface area contributed by atoms with Gasteiger partial charge in [-0.25, -0.2) is 0 Å². The average Bonchev–Trinajstić information content (AvgIpc) is 2.84. The molecule has 4 aromatic rings. The van der Waals surface area contributed by atoms with E-state index in [1.54, 1.807) is 48.5 Å². The average molecular weight is 483 g/mol. The standard InChI is InChI=1S/C30H30N2O4/c1-19(2)35-25-13-9-21(10-14-25)29(33)31-27-17-23-7-5-6-8-24(23)18-28(27)32-30(34)22-11-15-26(16-12-22)36-20(3)4/h5-20H,1-4H3,(H,31,33)(H,32,34). The highest BCUT2D eigenvalue weighted by atomic mass is 16.5. The number of fused-ring (bicyclic) bond motifs is 1. The molecular weight excluding hydrogens is 452 g/mol.